The maximum atomic E-state index is 9.82. The second-order valence-corrected chi connectivity index (χ2v) is 5.92. The lowest BCUT2D eigenvalue weighted by Gasteiger charge is -2.13. The number of ether oxygens (including phenoxy) is 1. The van der Waals surface area contributed by atoms with Gasteiger partial charge in [-0.3, -0.25) is 4.98 Å². The van der Waals surface area contributed by atoms with E-state index in [0.29, 0.717) is 28.4 Å². The molecule has 26 heavy (non-hydrogen) atoms. The van der Waals surface area contributed by atoms with Crippen LogP contribution in [0.5, 0.6) is 17.2 Å². The zero-order chi connectivity index (χ0) is 18.1. The second kappa shape index (κ2) is 6.40. The van der Waals surface area contributed by atoms with Crippen molar-refractivity contribution in [2.24, 2.45) is 0 Å². The van der Waals surface area contributed by atoms with Crippen molar-refractivity contribution in [3.8, 4) is 28.8 Å². The molecule has 128 valence electrons. The van der Waals surface area contributed by atoms with E-state index < -0.39 is 0 Å². The van der Waals surface area contributed by atoms with Gasteiger partial charge in [0, 0.05) is 29.7 Å². The fourth-order valence-electron chi connectivity index (χ4n) is 2.66. The molecular weight excluding hydrogens is 328 g/mol. The quantitative estimate of drug-likeness (QED) is 0.600. The lowest BCUT2D eigenvalue weighted by atomic mass is 10.1. The molecule has 0 radical (unpaired) electrons. The van der Waals surface area contributed by atoms with Gasteiger partial charge in [-0.05, 0) is 55.8 Å². The summed E-state index contributed by atoms with van der Waals surface area (Å²) in [5.74, 6) is 1.77. The Morgan fingerprint density at radius 3 is 2.50 bits per heavy atom. The minimum atomic E-state index is 0.153. The van der Waals surface area contributed by atoms with Crippen molar-refractivity contribution in [2.45, 2.75) is 13.8 Å². The molecule has 0 saturated heterocycles. The van der Waals surface area contributed by atoms with E-state index in [1.807, 2.05) is 19.9 Å². The van der Waals surface area contributed by atoms with Crippen LogP contribution < -0.4 is 4.74 Å². The first-order valence-electron chi connectivity index (χ1n) is 8.13. The summed E-state index contributed by atoms with van der Waals surface area (Å²) in [6, 6.07) is 10.4. The molecular formula is C20H16N4O2. The Kier molecular flexibility index (Phi) is 3.93. The normalized spacial score (nSPS) is 10.8. The predicted octanol–water partition coefficient (Wildman–Crippen LogP) is 4.20. The number of fused-ring (bicyclic) bond motifs is 1. The molecule has 4 rings (SSSR count). The van der Waals surface area contributed by atoms with Crippen LogP contribution in [0, 0.1) is 13.8 Å². The van der Waals surface area contributed by atoms with Crippen molar-refractivity contribution < 1.29 is 9.84 Å². The Hall–Kier alpha value is -3.54. The minimum Gasteiger partial charge on any atom is -0.508 e. The molecule has 4 aromatic rings. The van der Waals surface area contributed by atoms with Crippen molar-refractivity contribution in [1.82, 2.24) is 19.9 Å². The lowest BCUT2D eigenvalue weighted by molar-refractivity contribution is 0.473. The van der Waals surface area contributed by atoms with Crippen molar-refractivity contribution in [2.75, 3.05) is 0 Å². The summed E-state index contributed by atoms with van der Waals surface area (Å²) in [6.45, 7) is 3.91. The van der Waals surface area contributed by atoms with Crippen molar-refractivity contribution in [3.05, 3.63) is 66.2 Å². The van der Waals surface area contributed by atoms with Crippen LogP contribution >= 0.6 is 0 Å². The predicted molar refractivity (Wildman–Crippen MR) is 98.2 cm³/mol. The Labute approximate surface area is 150 Å². The number of hydrogen-bond acceptors (Lipinski definition) is 6. The Balaban J connectivity index is 1.87. The van der Waals surface area contributed by atoms with Gasteiger partial charge in [-0.25, -0.2) is 15.0 Å². The number of pyridine rings is 2. The van der Waals surface area contributed by atoms with Crippen LogP contribution in [0.2, 0.25) is 0 Å². The molecule has 3 heterocycles. The fourth-order valence-corrected chi connectivity index (χ4v) is 2.66. The summed E-state index contributed by atoms with van der Waals surface area (Å²) in [5.41, 5.74) is 3.19. The standard InChI is InChI=1S/C20H16N4O2/c1-12-10-18(19(24-13(12)2)20-22-7-3-8-23-20)26-17-6-9-21-16-5-4-14(25)11-15(16)17/h3-11,25H,1-2H3. The molecule has 6 nitrogen and oxygen atoms in total. The van der Waals surface area contributed by atoms with Crippen LogP contribution in [0.25, 0.3) is 22.4 Å². The third kappa shape index (κ3) is 2.93. The van der Waals surface area contributed by atoms with Gasteiger partial charge in [0.2, 0.25) is 0 Å². The average Bonchev–Trinajstić information content (AvgIpc) is 2.65. The number of phenolic OH excluding ortho intramolecular Hbond substituents is 1. The molecule has 0 unspecified atom stereocenters. The van der Waals surface area contributed by atoms with Crippen LogP contribution in [0.1, 0.15) is 11.3 Å². The highest BCUT2D eigenvalue weighted by atomic mass is 16.5. The lowest BCUT2D eigenvalue weighted by Crippen LogP contribution is -1.99. The highest BCUT2D eigenvalue weighted by molar-refractivity contribution is 5.86. The summed E-state index contributed by atoms with van der Waals surface area (Å²) in [7, 11) is 0. The zero-order valence-electron chi connectivity index (χ0n) is 14.3. The summed E-state index contributed by atoms with van der Waals surface area (Å²) in [4.78, 5) is 17.5. The van der Waals surface area contributed by atoms with Gasteiger partial charge in [-0.15, -0.1) is 0 Å². The number of aromatic nitrogens is 4. The van der Waals surface area contributed by atoms with E-state index in [2.05, 4.69) is 19.9 Å². The second-order valence-electron chi connectivity index (χ2n) is 5.92. The number of aromatic hydroxyl groups is 1. The van der Waals surface area contributed by atoms with E-state index in [4.69, 9.17) is 4.74 Å². The zero-order valence-corrected chi connectivity index (χ0v) is 14.3. The van der Waals surface area contributed by atoms with Gasteiger partial charge in [-0.1, -0.05) is 0 Å². The summed E-state index contributed by atoms with van der Waals surface area (Å²) >= 11 is 0. The summed E-state index contributed by atoms with van der Waals surface area (Å²) in [6.07, 6.45) is 5.01. The maximum Gasteiger partial charge on any atom is 0.181 e. The van der Waals surface area contributed by atoms with Gasteiger partial charge in [0.25, 0.3) is 0 Å². The van der Waals surface area contributed by atoms with Crippen LogP contribution in [0.15, 0.2) is 55.0 Å². The minimum absolute atomic E-state index is 0.153. The number of aryl methyl sites for hydroxylation is 2. The topological polar surface area (TPSA) is 81.0 Å². The van der Waals surface area contributed by atoms with E-state index >= 15 is 0 Å². The van der Waals surface area contributed by atoms with Gasteiger partial charge in [0.05, 0.1) is 5.52 Å². The smallest absolute Gasteiger partial charge is 0.181 e. The number of hydrogen-bond donors (Lipinski definition) is 1. The van der Waals surface area contributed by atoms with Gasteiger partial charge >= 0.3 is 0 Å². The molecule has 0 spiro atoms. The largest absolute Gasteiger partial charge is 0.508 e. The number of phenols is 1. The van der Waals surface area contributed by atoms with E-state index in [1.54, 1.807) is 48.9 Å². The van der Waals surface area contributed by atoms with E-state index in [0.717, 1.165) is 16.8 Å². The monoisotopic (exact) mass is 344 g/mol. The molecule has 3 aromatic heterocycles. The summed E-state index contributed by atoms with van der Waals surface area (Å²) < 4.78 is 6.17. The van der Waals surface area contributed by atoms with Gasteiger partial charge < -0.3 is 9.84 Å². The van der Waals surface area contributed by atoms with Gasteiger partial charge in [0.15, 0.2) is 17.3 Å². The van der Waals surface area contributed by atoms with Crippen molar-refractivity contribution in [3.63, 3.8) is 0 Å². The highest BCUT2D eigenvalue weighted by Crippen LogP contribution is 2.35. The third-order valence-corrected chi connectivity index (χ3v) is 4.11. The van der Waals surface area contributed by atoms with E-state index in [1.165, 1.54) is 0 Å². The van der Waals surface area contributed by atoms with Gasteiger partial charge in [0.1, 0.15) is 11.5 Å². The number of nitrogens with zero attached hydrogens (tertiary/aromatic N) is 4. The Bertz CT molecular complexity index is 1100. The molecule has 0 aliphatic rings. The first-order chi connectivity index (χ1) is 12.6. The van der Waals surface area contributed by atoms with Crippen LogP contribution in [-0.4, -0.2) is 25.0 Å². The molecule has 0 atom stereocenters. The van der Waals surface area contributed by atoms with Gasteiger partial charge in [-0.2, -0.15) is 0 Å². The Morgan fingerprint density at radius 1 is 0.885 bits per heavy atom. The van der Waals surface area contributed by atoms with E-state index in [9.17, 15) is 5.11 Å². The molecule has 0 saturated carbocycles. The molecule has 1 aromatic carbocycles. The number of rotatable bonds is 3. The average molecular weight is 344 g/mol. The van der Waals surface area contributed by atoms with Crippen LogP contribution in [-0.2, 0) is 0 Å². The molecule has 6 heteroatoms. The van der Waals surface area contributed by atoms with Crippen molar-refractivity contribution in [1.29, 1.82) is 0 Å². The van der Waals surface area contributed by atoms with Crippen LogP contribution in [0.4, 0.5) is 0 Å². The molecule has 0 aliphatic heterocycles. The Morgan fingerprint density at radius 2 is 1.69 bits per heavy atom. The molecule has 0 fully saturated rings. The maximum absolute atomic E-state index is 9.82. The first-order valence-corrected chi connectivity index (χ1v) is 8.13. The molecule has 1 N–H and O–H groups in total. The van der Waals surface area contributed by atoms with E-state index in [-0.39, 0.29) is 5.75 Å². The summed E-state index contributed by atoms with van der Waals surface area (Å²) in [5, 5.41) is 10.5. The molecule has 0 bridgehead atoms. The molecule has 0 amide bonds. The number of benzene rings is 1. The highest BCUT2D eigenvalue weighted by Gasteiger charge is 2.15. The first kappa shape index (κ1) is 16.0. The van der Waals surface area contributed by atoms with Crippen molar-refractivity contribution >= 4 is 10.9 Å². The van der Waals surface area contributed by atoms with Crippen LogP contribution in [0.3, 0.4) is 0 Å². The third-order valence-electron chi connectivity index (χ3n) is 4.11. The fraction of sp³-hybridized carbons (Fsp3) is 0.100. The SMILES string of the molecule is Cc1cc(Oc2ccnc3ccc(O)cc23)c(-c2ncccn2)nc1C. The molecule has 0 aliphatic carbocycles.